The van der Waals surface area contributed by atoms with Gasteiger partial charge >= 0.3 is 6.18 Å². The first-order chi connectivity index (χ1) is 12.6. The van der Waals surface area contributed by atoms with Gasteiger partial charge in [0.05, 0.1) is 17.3 Å². The number of nitrogens with zero attached hydrogens (tertiary/aromatic N) is 1. The van der Waals surface area contributed by atoms with Crippen molar-refractivity contribution >= 4 is 11.6 Å². The van der Waals surface area contributed by atoms with Crippen molar-refractivity contribution in [1.82, 2.24) is 4.90 Å². The highest BCUT2D eigenvalue weighted by Gasteiger charge is 2.34. The number of para-hydroxylation sites is 1. The molecule has 0 aliphatic rings. The monoisotopic (exact) mass is 378 g/mol. The molecule has 0 spiro atoms. The van der Waals surface area contributed by atoms with Crippen molar-refractivity contribution in [2.24, 2.45) is 0 Å². The van der Waals surface area contributed by atoms with Gasteiger partial charge in [0, 0.05) is 6.54 Å². The smallest absolute Gasteiger partial charge is 0.324 e. The van der Waals surface area contributed by atoms with Crippen LogP contribution in [0.1, 0.15) is 43.4 Å². The summed E-state index contributed by atoms with van der Waals surface area (Å²) in [5.74, 6) is -0.0387. The van der Waals surface area contributed by atoms with Gasteiger partial charge in [0.2, 0.25) is 5.91 Å². The highest BCUT2D eigenvalue weighted by Crippen LogP contribution is 2.34. The average molecular weight is 378 g/mol. The molecule has 0 radical (unpaired) electrons. The van der Waals surface area contributed by atoms with Crippen LogP contribution in [0, 0.1) is 0 Å². The topological polar surface area (TPSA) is 32.3 Å². The van der Waals surface area contributed by atoms with E-state index in [2.05, 4.69) is 31.3 Å². The minimum atomic E-state index is -4.52. The molecule has 0 fully saturated rings. The SMILES string of the molecule is CC(C)c1ccc(CN(C)[C@H](C)C(=O)Nc2ccccc2C(F)(F)F)cc1. The lowest BCUT2D eigenvalue weighted by Gasteiger charge is -2.25. The largest absolute Gasteiger partial charge is 0.418 e. The second-order valence-electron chi connectivity index (χ2n) is 7.02. The maximum atomic E-state index is 13.1. The summed E-state index contributed by atoms with van der Waals surface area (Å²) >= 11 is 0. The molecule has 2 rings (SSSR count). The molecule has 0 aromatic heterocycles. The summed E-state index contributed by atoms with van der Waals surface area (Å²) in [5, 5.41) is 2.41. The van der Waals surface area contributed by atoms with Crippen LogP contribution in [0.2, 0.25) is 0 Å². The zero-order valence-corrected chi connectivity index (χ0v) is 16.0. The molecule has 2 aromatic rings. The van der Waals surface area contributed by atoms with Gasteiger partial charge in [-0.3, -0.25) is 9.69 Å². The van der Waals surface area contributed by atoms with E-state index in [0.717, 1.165) is 11.6 Å². The summed E-state index contributed by atoms with van der Waals surface area (Å²) in [7, 11) is 1.77. The predicted octanol–water partition coefficient (Wildman–Crippen LogP) is 5.29. The predicted molar refractivity (Wildman–Crippen MR) is 102 cm³/mol. The number of likely N-dealkylation sites (N-methyl/N-ethyl adjacent to an activating group) is 1. The molecule has 0 unspecified atom stereocenters. The highest BCUT2D eigenvalue weighted by atomic mass is 19.4. The van der Waals surface area contributed by atoms with Gasteiger partial charge in [-0.25, -0.2) is 0 Å². The fraction of sp³-hybridized carbons (Fsp3) is 0.381. The number of alkyl halides is 3. The minimum absolute atomic E-state index is 0.225. The van der Waals surface area contributed by atoms with Crippen molar-refractivity contribution in [2.45, 2.75) is 45.5 Å². The maximum Gasteiger partial charge on any atom is 0.418 e. The number of hydrogen-bond donors (Lipinski definition) is 1. The quantitative estimate of drug-likeness (QED) is 0.741. The van der Waals surface area contributed by atoms with Crippen LogP contribution < -0.4 is 5.32 Å². The number of halogens is 3. The molecule has 3 nitrogen and oxygen atoms in total. The Morgan fingerprint density at radius 3 is 2.19 bits per heavy atom. The highest BCUT2D eigenvalue weighted by molar-refractivity contribution is 5.95. The number of benzene rings is 2. The van der Waals surface area contributed by atoms with Crippen molar-refractivity contribution < 1.29 is 18.0 Å². The first-order valence-electron chi connectivity index (χ1n) is 8.85. The third kappa shape index (κ3) is 5.57. The number of nitrogens with one attached hydrogen (secondary N) is 1. The average Bonchev–Trinajstić information content (AvgIpc) is 2.61. The Morgan fingerprint density at radius 2 is 1.63 bits per heavy atom. The van der Waals surface area contributed by atoms with Gasteiger partial charge in [0.15, 0.2) is 0 Å². The maximum absolute atomic E-state index is 13.1. The molecule has 0 aliphatic heterocycles. The van der Waals surface area contributed by atoms with Crippen LogP contribution in [0.25, 0.3) is 0 Å². The Labute approximate surface area is 158 Å². The van der Waals surface area contributed by atoms with E-state index in [1.165, 1.54) is 23.8 Å². The normalized spacial score (nSPS) is 13.1. The summed E-state index contributed by atoms with van der Waals surface area (Å²) in [6.45, 7) is 6.43. The lowest BCUT2D eigenvalue weighted by Crippen LogP contribution is -2.39. The standard InChI is InChI=1S/C21H25F3N2O/c1-14(2)17-11-9-16(10-12-17)13-26(4)15(3)20(27)25-19-8-6-5-7-18(19)21(22,23)24/h5-12,14-15H,13H2,1-4H3,(H,25,27)/t15-/m1/s1. The molecular weight excluding hydrogens is 353 g/mol. The molecule has 0 saturated carbocycles. The molecule has 6 heteroatoms. The molecule has 27 heavy (non-hydrogen) atoms. The van der Waals surface area contributed by atoms with Gasteiger partial charge < -0.3 is 5.32 Å². The van der Waals surface area contributed by atoms with Crippen molar-refractivity contribution in [3.8, 4) is 0 Å². The molecule has 1 amide bonds. The van der Waals surface area contributed by atoms with E-state index in [-0.39, 0.29) is 5.69 Å². The number of amides is 1. The van der Waals surface area contributed by atoms with Crippen LogP contribution >= 0.6 is 0 Å². The zero-order valence-electron chi connectivity index (χ0n) is 16.0. The first kappa shape index (κ1) is 21.0. The summed E-state index contributed by atoms with van der Waals surface area (Å²) in [5.41, 5.74) is 1.20. The summed E-state index contributed by atoms with van der Waals surface area (Å²) in [6, 6.07) is 12.5. The molecule has 0 heterocycles. The molecule has 1 atom stereocenters. The number of rotatable bonds is 6. The lowest BCUT2D eigenvalue weighted by atomic mass is 10.0. The van der Waals surface area contributed by atoms with Crippen LogP contribution in [-0.4, -0.2) is 23.9 Å². The summed E-state index contributed by atoms with van der Waals surface area (Å²) in [6.07, 6.45) is -4.52. The Bertz CT molecular complexity index is 770. The van der Waals surface area contributed by atoms with Crippen LogP contribution in [0.4, 0.5) is 18.9 Å². The Hall–Kier alpha value is -2.34. The first-order valence-corrected chi connectivity index (χ1v) is 8.85. The number of carbonyl (C=O) groups excluding carboxylic acids is 1. The lowest BCUT2D eigenvalue weighted by molar-refractivity contribution is -0.137. The number of carbonyl (C=O) groups is 1. The van der Waals surface area contributed by atoms with Crippen molar-refractivity contribution in [2.75, 3.05) is 12.4 Å². The van der Waals surface area contributed by atoms with Crippen LogP contribution in [0.5, 0.6) is 0 Å². The second-order valence-corrected chi connectivity index (χ2v) is 7.02. The van der Waals surface area contributed by atoms with Crippen LogP contribution in [-0.2, 0) is 17.5 Å². The fourth-order valence-corrected chi connectivity index (χ4v) is 2.71. The Morgan fingerprint density at radius 1 is 1.04 bits per heavy atom. The minimum Gasteiger partial charge on any atom is -0.324 e. The third-order valence-corrected chi connectivity index (χ3v) is 4.61. The molecule has 0 bridgehead atoms. The molecule has 1 N–H and O–H groups in total. The van der Waals surface area contributed by atoms with Gasteiger partial charge in [-0.2, -0.15) is 13.2 Å². The van der Waals surface area contributed by atoms with Crippen molar-refractivity contribution in [1.29, 1.82) is 0 Å². The second kappa shape index (κ2) is 8.57. The number of anilines is 1. The van der Waals surface area contributed by atoms with E-state index in [0.29, 0.717) is 12.5 Å². The van der Waals surface area contributed by atoms with Gasteiger partial charge in [-0.15, -0.1) is 0 Å². The summed E-state index contributed by atoms with van der Waals surface area (Å²) in [4.78, 5) is 14.2. The van der Waals surface area contributed by atoms with E-state index in [4.69, 9.17) is 0 Å². The summed E-state index contributed by atoms with van der Waals surface area (Å²) < 4.78 is 39.2. The van der Waals surface area contributed by atoms with E-state index < -0.39 is 23.7 Å². The van der Waals surface area contributed by atoms with E-state index in [9.17, 15) is 18.0 Å². The molecule has 0 aliphatic carbocycles. The molecule has 2 aromatic carbocycles. The fourth-order valence-electron chi connectivity index (χ4n) is 2.71. The van der Waals surface area contributed by atoms with Crippen LogP contribution in [0.3, 0.4) is 0 Å². The molecule has 0 saturated heterocycles. The van der Waals surface area contributed by atoms with Gasteiger partial charge in [0.25, 0.3) is 0 Å². The molecule has 146 valence electrons. The van der Waals surface area contributed by atoms with Gasteiger partial charge in [-0.05, 0) is 43.1 Å². The third-order valence-electron chi connectivity index (χ3n) is 4.61. The van der Waals surface area contributed by atoms with E-state index in [1.807, 2.05) is 12.1 Å². The van der Waals surface area contributed by atoms with Gasteiger partial charge in [0.1, 0.15) is 0 Å². The Balaban J connectivity index is 2.04. The zero-order chi connectivity index (χ0) is 20.2. The van der Waals surface area contributed by atoms with Crippen LogP contribution in [0.15, 0.2) is 48.5 Å². The molecular formula is C21H25F3N2O. The van der Waals surface area contributed by atoms with E-state index in [1.54, 1.807) is 18.9 Å². The van der Waals surface area contributed by atoms with E-state index >= 15 is 0 Å². The Kier molecular flexibility index (Phi) is 6.65. The van der Waals surface area contributed by atoms with Crippen molar-refractivity contribution in [3.05, 3.63) is 65.2 Å². The van der Waals surface area contributed by atoms with Gasteiger partial charge in [-0.1, -0.05) is 50.2 Å². The van der Waals surface area contributed by atoms with Crippen molar-refractivity contribution in [3.63, 3.8) is 0 Å². The number of hydrogen-bond acceptors (Lipinski definition) is 2.